The summed E-state index contributed by atoms with van der Waals surface area (Å²) in [5.74, 6) is -4.71. The van der Waals surface area contributed by atoms with E-state index in [1.54, 1.807) is 48.5 Å². The van der Waals surface area contributed by atoms with E-state index in [2.05, 4.69) is 10.6 Å². The molecule has 4 aromatic rings. The molecule has 0 aliphatic heterocycles. The Morgan fingerprint density at radius 1 is 0.510 bits per heavy atom. The van der Waals surface area contributed by atoms with Gasteiger partial charge >= 0.3 is 0 Å². The van der Waals surface area contributed by atoms with Crippen LogP contribution in [0.15, 0.2) is 121 Å². The van der Waals surface area contributed by atoms with E-state index in [0.717, 1.165) is 22.3 Å². The molecular formula is C38H43N4O6P. The minimum Gasteiger partial charge on any atom is -0.368 e. The van der Waals surface area contributed by atoms with Crippen molar-refractivity contribution in [2.75, 3.05) is 12.3 Å². The minimum atomic E-state index is -4.21. The third kappa shape index (κ3) is 12.2. The summed E-state index contributed by atoms with van der Waals surface area (Å²) in [4.78, 5) is 63.7. The number of carbonyl (C=O) groups excluding carboxylic acids is 4. The van der Waals surface area contributed by atoms with E-state index in [9.17, 15) is 28.6 Å². The average Bonchev–Trinajstić information content (AvgIpc) is 3.08. The molecular weight excluding hydrogens is 639 g/mol. The lowest BCUT2D eigenvalue weighted by molar-refractivity contribution is -0.129. The first-order chi connectivity index (χ1) is 23.5. The molecule has 0 saturated carbocycles. The maximum absolute atomic E-state index is 14.1. The average molecular weight is 683 g/mol. The van der Waals surface area contributed by atoms with Crippen LogP contribution in [-0.2, 0) is 49.4 Å². The number of hydrogen-bond donors (Lipinski definition) is 5. The Morgan fingerprint density at radius 3 is 1.04 bits per heavy atom. The first-order valence-corrected chi connectivity index (χ1v) is 18.2. The second kappa shape index (κ2) is 17.9. The summed E-state index contributed by atoms with van der Waals surface area (Å²) < 4.78 is 14.1. The Kier molecular flexibility index (Phi) is 13.4. The maximum Gasteiger partial charge on any atom is 0.240 e. The molecule has 0 aromatic heterocycles. The SMILES string of the molecule is NC(=O)[C@H](Cc1ccccc1)NC(=O)C(Cc1ccccc1)CP(=O)(O)CC(Cc1ccccc1)C(=O)N[C@@H](Cc1ccccc1)C(N)=O. The van der Waals surface area contributed by atoms with Gasteiger partial charge in [0.2, 0.25) is 31.0 Å². The first kappa shape index (κ1) is 36.8. The van der Waals surface area contributed by atoms with E-state index < -0.39 is 67.2 Å². The lowest BCUT2D eigenvalue weighted by Crippen LogP contribution is -2.49. The molecule has 4 aromatic carbocycles. The molecule has 11 heteroatoms. The van der Waals surface area contributed by atoms with Gasteiger partial charge in [-0.2, -0.15) is 0 Å². The quantitative estimate of drug-likeness (QED) is 0.100. The van der Waals surface area contributed by atoms with Gasteiger partial charge in [0.25, 0.3) is 0 Å². The highest BCUT2D eigenvalue weighted by molar-refractivity contribution is 7.58. The van der Waals surface area contributed by atoms with Crippen molar-refractivity contribution in [1.29, 1.82) is 0 Å². The van der Waals surface area contributed by atoms with Crippen molar-refractivity contribution in [3.63, 3.8) is 0 Å². The van der Waals surface area contributed by atoms with Crippen molar-refractivity contribution in [1.82, 2.24) is 10.6 Å². The Labute approximate surface area is 286 Å². The highest BCUT2D eigenvalue weighted by Crippen LogP contribution is 2.45. The van der Waals surface area contributed by atoms with Gasteiger partial charge in [-0.3, -0.25) is 23.7 Å². The van der Waals surface area contributed by atoms with E-state index in [1.165, 1.54) is 0 Å². The second-order valence-electron chi connectivity index (χ2n) is 12.3. The van der Waals surface area contributed by atoms with Crippen molar-refractivity contribution < 1.29 is 28.6 Å². The Bertz CT molecular complexity index is 1600. The fraction of sp³-hybridized carbons (Fsp3) is 0.263. The molecule has 4 rings (SSSR count). The standard InChI is InChI=1S/C38H43N4O6P/c39-35(43)33(23-29-17-9-3-10-18-29)41-37(45)31(21-27-13-5-1-6-14-27)25-49(47,48)26-32(22-28-15-7-2-8-16-28)38(46)42-34(36(40)44)24-30-19-11-4-12-20-30/h1-20,31-34H,21-26H2,(H2,39,43)(H2,40,44)(H,41,45)(H,42,46)(H,47,48)/t31?,32?,33-,34-/m0/s1. The molecule has 0 heterocycles. The summed E-state index contributed by atoms with van der Waals surface area (Å²) >= 11 is 0. The molecule has 10 nitrogen and oxygen atoms in total. The number of nitrogens with two attached hydrogens (primary N) is 2. The van der Waals surface area contributed by atoms with Crippen molar-refractivity contribution in [3.8, 4) is 0 Å². The number of carbonyl (C=O) groups is 4. The molecule has 2 unspecified atom stereocenters. The molecule has 0 bridgehead atoms. The van der Waals surface area contributed by atoms with Crippen LogP contribution in [0.3, 0.4) is 0 Å². The largest absolute Gasteiger partial charge is 0.368 e. The Balaban J connectivity index is 1.56. The number of nitrogens with one attached hydrogen (secondary N) is 2. The minimum absolute atomic E-state index is 0.115. The predicted molar refractivity (Wildman–Crippen MR) is 189 cm³/mol. The third-order valence-electron chi connectivity index (χ3n) is 8.29. The predicted octanol–water partition coefficient (Wildman–Crippen LogP) is 3.40. The van der Waals surface area contributed by atoms with Crippen LogP contribution in [0.1, 0.15) is 22.3 Å². The summed E-state index contributed by atoms with van der Waals surface area (Å²) in [6.07, 6.45) is -0.367. The molecule has 256 valence electrons. The summed E-state index contributed by atoms with van der Waals surface area (Å²) in [7, 11) is -4.21. The van der Waals surface area contributed by atoms with Gasteiger partial charge in [0.15, 0.2) is 0 Å². The van der Waals surface area contributed by atoms with Crippen LogP contribution in [0.2, 0.25) is 0 Å². The zero-order valence-electron chi connectivity index (χ0n) is 27.2. The van der Waals surface area contributed by atoms with Gasteiger partial charge in [-0.15, -0.1) is 0 Å². The molecule has 0 spiro atoms. The molecule has 49 heavy (non-hydrogen) atoms. The number of primary amides is 2. The topological polar surface area (TPSA) is 182 Å². The van der Waals surface area contributed by atoms with Crippen molar-refractivity contribution in [2.24, 2.45) is 23.3 Å². The highest BCUT2D eigenvalue weighted by Gasteiger charge is 2.36. The summed E-state index contributed by atoms with van der Waals surface area (Å²) in [5.41, 5.74) is 14.4. The zero-order chi connectivity index (χ0) is 35.2. The normalized spacial score (nSPS) is 14.7. The fourth-order valence-electron chi connectivity index (χ4n) is 5.77. The van der Waals surface area contributed by atoms with Gasteiger partial charge in [0, 0.05) is 25.2 Å². The van der Waals surface area contributed by atoms with E-state index in [-0.39, 0.29) is 25.7 Å². The molecule has 0 aliphatic carbocycles. The second-order valence-corrected chi connectivity index (χ2v) is 14.7. The van der Waals surface area contributed by atoms with Crippen molar-refractivity contribution >= 4 is 31.0 Å². The van der Waals surface area contributed by atoms with E-state index in [1.807, 2.05) is 72.8 Å². The van der Waals surface area contributed by atoms with Gasteiger partial charge in [0.05, 0.1) is 11.8 Å². The third-order valence-corrected chi connectivity index (χ3v) is 10.3. The van der Waals surface area contributed by atoms with E-state index >= 15 is 0 Å². The summed E-state index contributed by atoms with van der Waals surface area (Å²) in [5, 5.41) is 5.42. The van der Waals surface area contributed by atoms with Crippen LogP contribution < -0.4 is 22.1 Å². The zero-order valence-corrected chi connectivity index (χ0v) is 28.1. The number of hydrogen-bond acceptors (Lipinski definition) is 5. The molecule has 4 amide bonds. The van der Waals surface area contributed by atoms with E-state index in [4.69, 9.17) is 11.5 Å². The number of rotatable bonds is 18. The summed E-state index contributed by atoms with van der Waals surface area (Å²) in [6.45, 7) is 0. The first-order valence-electron chi connectivity index (χ1n) is 16.1. The summed E-state index contributed by atoms with van der Waals surface area (Å²) in [6, 6.07) is 34.1. The molecule has 0 fully saturated rings. The van der Waals surface area contributed by atoms with Gasteiger partial charge in [-0.25, -0.2) is 0 Å². The Morgan fingerprint density at radius 2 is 0.776 bits per heavy atom. The monoisotopic (exact) mass is 682 g/mol. The maximum atomic E-state index is 14.1. The van der Waals surface area contributed by atoms with Crippen LogP contribution in [0.4, 0.5) is 0 Å². The van der Waals surface area contributed by atoms with Gasteiger partial charge < -0.3 is 27.0 Å². The fourth-order valence-corrected chi connectivity index (χ4v) is 7.88. The van der Waals surface area contributed by atoms with Crippen LogP contribution >= 0.6 is 7.37 Å². The van der Waals surface area contributed by atoms with Crippen LogP contribution in [0.25, 0.3) is 0 Å². The molecule has 0 aliphatic rings. The van der Waals surface area contributed by atoms with Crippen LogP contribution in [-0.4, -0.2) is 52.9 Å². The Hall–Kier alpha value is -5.05. The van der Waals surface area contributed by atoms with Gasteiger partial charge in [-0.1, -0.05) is 121 Å². The molecule has 0 saturated heterocycles. The molecule has 7 N–H and O–H groups in total. The van der Waals surface area contributed by atoms with Crippen molar-refractivity contribution in [3.05, 3.63) is 144 Å². The van der Waals surface area contributed by atoms with E-state index in [0.29, 0.717) is 0 Å². The van der Waals surface area contributed by atoms with Gasteiger partial charge in [-0.05, 0) is 35.1 Å². The number of benzene rings is 4. The smallest absolute Gasteiger partial charge is 0.240 e. The van der Waals surface area contributed by atoms with Crippen LogP contribution in [0, 0.1) is 11.8 Å². The van der Waals surface area contributed by atoms with Crippen molar-refractivity contribution in [2.45, 2.75) is 37.8 Å². The molecule has 0 radical (unpaired) electrons. The lowest BCUT2D eigenvalue weighted by Gasteiger charge is -2.26. The highest BCUT2D eigenvalue weighted by atomic mass is 31.2. The lowest BCUT2D eigenvalue weighted by atomic mass is 9.98. The van der Waals surface area contributed by atoms with Gasteiger partial charge in [0.1, 0.15) is 12.1 Å². The molecule has 4 atom stereocenters. The number of amides is 4. The van der Waals surface area contributed by atoms with Crippen LogP contribution in [0.5, 0.6) is 0 Å².